The largest absolute Gasteiger partial charge is 0.466 e. The first-order valence-corrected chi connectivity index (χ1v) is 22.2. The summed E-state index contributed by atoms with van der Waals surface area (Å²) in [5.41, 5.74) is 0. The first kappa shape index (κ1) is 49.8. The summed E-state index contributed by atoms with van der Waals surface area (Å²) in [7, 11) is 0. The summed E-state index contributed by atoms with van der Waals surface area (Å²) in [4.78, 5) is 14.4. The number of aliphatic hydroxyl groups excluding tert-OH is 1. The highest BCUT2D eigenvalue weighted by Crippen LogP contribution is 2.15. The fourth-order valence-electron chi connectivity index (χ4n) is 6.40. The first-order valence-electron chi connectivity index (χ1n) is 22.2. The molecule has 0 fully saturated rings. The van der Waals surface area contributed by atoms with Crippen LogP contribution in [-0.2, 0) is 19.0 Å². The van der Waals surface area contributed by atoms with E-state index >= 15 is 0 Å². The molecule has 302 valence electrons. The van der Waals surface area contributed by atoms with E-state index in [1.54, 1.807) is 0 Å². The molecule has 6 nitrogen and oxygen atoms in total. The third-order valence-corrected chi connectivity index (χ3v) is 9.64. The Hall–Kier alpha value is -1.21. The van der Waals surface area contributed by atoms with Gasteiger partial charge in [-0.05, 0) is 103 Å². The van der Waals surface area contributed by atoms with E-state index in [2.05, 4.69) is 50.0 Å². The van der Waals surface area contributed by atoms with Crippen LogP contribution in [0.2, 0.25) is 0 Å². The van der Waals surface area contributed by atoms with Crippen molar-refractivity contribution in [3.63, 3.8) is 0 Å². The van der Waals surface area contributed by atoms with Gasteiger partial charge in [-0.25, -0.2) is 0 Å². The summed E-state index contributed by atoms with van der Waals surface area (Å²) >= 11 is 0. The van der Waals surface area contributed by atoms with Crippen LogP contribution in [0.25, 0.3) is 0 Å². The molecule has 0 unspecified atom stereocenters. The van der Waals surface area contributed by atoms with Gasteiger partial charge in [0.05, 0.1) is 13.2 Å². The Morgan fingerprint density at radius 2 is 1.00 bits per heavy atom. The first-order chi connectivity index (χ1) is 25.2. The summed E-state index contributed by atoms with van der Waals surface area (Å²) in [6.07, 6.45) is 42.7. The standard InChI is InChI=1S/C45H87NO5/c1-4-7-10-13-16-25-32-41-49-44(48)35-28-21-19-23-30-37-46(39-40-47)38-31-24-20-22-29-36-45(50-42-33-26-17-14-11-8-5-2)51-43-34-27-18-15-12-9-6-3/h8-9,11-12,45,47H,4-7,10,13-43H2,1-3H3/b11-8-,12-9-. The molecule has 0 aromatic carbocycles. The van der Waals surface area contributed by atoms with Gasteiger partial charge in [0.1, 0.15) is 0 Å². The fourth-order valence-corrected chi connectivity index (χ4v) is 6.40. The smallest absolute Gasteiger partial charge is 0.305 e. The molecule has 0 heterocycles. The van der Waals surface area contributed by atoms with Crippen molar-refractivity contribution in [2.45, 2.75) is 213 Å². The third-order valence-electron chi connectivity index (χ3n) is 9.64. The Kier molecular flexibility index (Phi) is 42.2. The van der Waals surface area contributed by atoms with E-state index in [0.29, 0.717) is 13.0 Å². The van der Waals surface area contributed by atoms with Gasteiger partial charge in [-0.2, -0.15) is 0 Å². The number of hydrogen-bond donors (Lipinski definition) is 1. The molecule has 0 radical (unpaired) electrons. The molecule has 0 aliphatic heterocycles. The molecule has 0 amide bonds. The van der Waals surface area contributed by atoms with Crippen LogP contribution >= 0.6 is 0 Å². The van der Waals surface area contributed by atoms with Crippen LogP contribution in [0.15, 0.2) is 24.3 Å². The number of carbonyl (C=O) groups is 1. The van der Waals surface area contributed by atoms with Crippen molar-refractivity contribution < 1.29 is 24.1 Å². The zero-order chi connectivity index (χ0) is 37.1. The second-order valence-corrected chi connectivity index (χ2v) is 14.6. The zero-order valence-electron chi connectivity index (χ0n) is 34.4. The number of aliphatic hydroxyl groups is 1. The molecule has 1 N–H and O–H groups in total. The highest BCUT2D eigenvalue weighted by molar-refractivity contribution is 5.69. The molecule has 0 aliphatic rings. The van der Waals surface area contributed by atoms with Crippen LogP contribution in [0, 0.1) is 0 Å². The Bertz CT molecular complexity index is 716. The molecule has 0 spiro atoms. The molecule has 0 aromatic rings. The van der Waals surface area contributed by atoms with Gasteiger partial charge >= 0.3 is 5.97 Å². The minimum atomic E-state index is -0.0569. The maximum absolute atomic E-state index is 12.0. The van der Waals surface area contributed by atoms with E-state index in [1.807, 2.05) is 0 Å². The Balaban J connectivity index is 4.01. The Labute approximate surface area is 317 Å². The molecule has 0 saturated carbocycles. The van der Waals surface area contributed by atoms with Gasteiger partial charge in [0.2, 0.25) is 0 Å². The lowest BCUT2D eigenvalue weighted by molar-refractivity contribution is -0.148. The van der Waals surface area contributed by atoms with Gasteiger partial charge in [-0.3, -0.25) is 4.79 Å². The van der Waals surface area contributed by atoms with Crippen LogP contribution in [0.1, 0.15) is 207 Å². The normalized spacial score (nSPS) is 12.0. The SMILES string of the molecule is CC/C=C\CCCCCOC(CCCCCCCN(CCO)CCCCCCCC(=O)OCCCCCCCCC)OCCCCC/C=C\CC. The van der Waals surface area contributed by atoms with E-state index in [1.165, 1.54) is 116 Å². The predicted octanol–water partition coefficient (Wildman–Crippen LogP) is 12.7. The number of rotatable bonds is 42. The molecule has 0 aromatic heterocycles. The summed E-state index contributed by atoms with van der Waals surface area (Å²) in [5.74, 6) is -0.0226. The van der Waals surface area contributed by atoms with Crippen LogP contribution in [-0.4, -0.2) is 68.3 Å². The average molecular weight is 722 g/mol. The zero-order valence-corrected chi connectivity index (χ0v) is 34.4. The van der Waals surface area contributed by atoms with Crippen LogP contribution < -0.4 is 0 Å². The van der Waals surface area contributed by atoms with Gasteiger partial charge in [-0.1, -0.05) is 135 Å². The van der Waals surface area contributed by atoms with Crippen LogP contribution in [0.3, 0.4) is 0 Å². The minimum absolute atomic E-state index is 0.0226. The van der Waals surface area contributed by atoms with Crippen LogP contribution in [0.5, 0.6) is 0 Å². The minimum Gasteiger partial charge on any atom is -0.466 e. The van der Waals surface area contributed by atoms with Crippen molar-refractivity contribution in [3.8, 4) is 0 Å². The number of hydrogen-bond acceptors (Lipinski definition) is 6. The Morgan fingerprint density at radius 3 is 1.55 bits per heavy atom. The van der Waals surface area contributed by atoms with Gasteiger partial charge in [0, 0.05) is 26.2 Å². The molecule has 0 saturated heterocycles. The number of nitrogens with zero attached hydrogens (tertiary/aromatic N) is 1. The van der Waals surface area contributed by atoms with Crippen molar-refractivity contribution in [3.05, 3.63) is 24.3 Å². The highest BCUT2D eigenvalue weighted by atomic mass is 16.7. The second-order valence-electron chi connectivity index (χ2n) is 14.6. The average Bonchev–Trinajstić information content (AvgIpc) is 3.13. The van der Waals surface area contributed by atoms with E-state index in [0.717, 1.165) is 97.1 Å². The predicted molar refractivity (Wildman–Crippen MR) is 219 cm³/mol. The van der Waals surface area contributed by atoms with Gasteiger partial charge in [0.25, 0.3) is 0 Å². The molecular formula is C45H87NO5. The molecule has 0 atom stereocenters. The van der Waals surface area contributed by atoms with E-state index < -0.39 is 0 Å². The van der Waals surface area contributed by atoms with Crippen molar-refractivity contribution in [1.29, 1.82) is 0 Å². The number of esters is 1. The molecule has 0 aliphatic carbocycles. The second kappa shape index (κ2) is 43.2. The highest BCUT2D eigenvalue weighted by Gasteiger charge is 2.10. The lowest BCUT2D eigenvalue weighted by Crippen LogP contribution is -2.29. The maximum Gasteiger partial charge on any atom is 0.305 e. The maximum atomic E-state index is 12.0. The summed E-state index contributed by atoms with van der Waals surface area (Å²) < 4.78 is 17.9. The molecule has 0 bridgehead atoms. The fraction of sp³-hybridized carbons (Fsp3) is 0.889. The summed E-state index contributed by atoms with van der Waals surface area (Å²) in [5, 5.41) is 9.58. The molecule has 6 heteroatoms. The van der Waals surface area contributed by atoms with Crippen LogP contribution in [0.4, 0.5) is 0 Å². The third kappa shape index (κ3) is 39.8. The molecule has 0 rings (SSSR count). The van der Waals surface area contributed by atoms with Crippen molar-refractivity contribution >= 4 is 5.97 Å². The van der Waals surface area contributed by atoms with E-state index in [9.17, 15) is 9.90 Å². The van der Waals surface area contributed by atoms with E-state index in [4.69, 9.17) is 14.2 Å². The van der Waals surface area contributed by atoms with Crippen molar-refractivity contribution in [2.24, 2.45) is 0 Å². The summed E-state index contributed by atoms with van der Waals surface area (Å²) in [6, 6.07) is 0. The van der Waals surface area contributed by atoms with Gasteiger partial charge < -0.3 is 24.2 Å². The van der Waals surface area contributed by atoms with Gasteiger partial charge in [0.15, 0.2) is 6.29 Å². The topological polar surface area (TPSA) is 68.2 Å². The Morgan fingerprint density at radius 1 is 0.529 bits per heavy atom. The van der Waals surface area contributed by atoms with Gasteiger partial charge in [-0.15, -0.1) is 0 Å². The molecule has 51 heavy (non-hydrogen) atoms. The van der Waals surface area contributed by atoms with E-state index in [-0.39, 0.29) is 18.9 Å². The van der Waals surface area contributed by atoms with Crippen molar-refractivity contribution in [2.75, 3.05) is 46.1 Å². The van der Waals surface area contributed by atoms with Crippen molar-refractivity contribution in [1.82, 2.24) is 4.90 Å². The lowest BCUT2D eigenvalue weighted by atomic mass is 10.1. The number of ether oxygens (including phenoxy) is 3. The molecular weight excluding hydrogens is 634 g/mol. The summed E-state index contributed by atoms with van der Waals surface area (Å²) in [6.45, 7) is 12.0. The number of allylic oxidation sites excluding steroid dienone is 4. The number of unbranched alkanes of at least 4 members (excludes halogenated alkanes) is 20. The lowest BCUT2D eigenvalue weighted by Gasteiger charge is -2.21. The quantitative estimate of drug-likeness (QED) is 0.0293. The monoisotopic (exact) mass is 722 g/mol. The number of carbonyl (C=O) groups excluding carboxylic acids is 1.